The molecular weight excluding hydrogens is 228 g/mol. The SMILES string of the molecule is CCOC1(c2nc(C3CC3)cc(=O)[nH]2)CCCC1. The van der Waals surface area contributed by atoms with Crippen LogP contribution in [0.4, 0.5) is 0 Å². The monoisotopic (exact) mass is 248 g/mol. The van der Waals surface area contributed by atoms with E-state index >= 15 is 0 Å². The van der Waals surface area contributed by atoms with Gasteiger partial charge in [0.1, 0.15) is 11.4 Å². The average molecular weight is 248 g/mol. The number of aromatic amines is 1. The molecule has 3 rings (SSSR count). The highest BCUT2D eigenvalue weighted by molar-refractivity contribution is 5.17. The summed E-state index contributed by atoms with van der Waals surface area (Å²) in [7, 11) is 0. The van der Waals surface area contributed by atoms with Gasteiger partial charge in [-0.05, 0) is 45.4 Å². The molecule has 0 spiro atoms. The molecule has 98 valence electrons. The van der Waals surface area contributed by atoms with E-state index in [2.05, 4.69) is 9.97 Å². The van der Waals surface area contributed by atoms with Gasteiger partial charge in [-0.15, -0.1) is 0 Å². The molecule has 0 atom stereocenters. The molecule has 2 aliphatic carbocycles. The first kappa shape index (κ1) is 11.9. The van der Waals surface area contributed by atoms with E-state index in [1.165, 1.54) is 0 Å². The second-order valence-corrected chi connectivity index (χ2v) is 5.43. The van der Waals surface area contributed by atoms with Crippen LogP contribution in [0.25, 0.3) is 0 Å². The lowest BCUT2D eigenvalue weighted by atomic mass is 10.0. The Labute approximate surface area is 107 Å². The molecule has 0 saturated heterocycles. The van der Waals surface area contributed by atoms with Crippen LogP contribution in [0.3, 0.4) is 0 Å². The first-order chi connectivity index (χ1) is 8.73. The molecule has 1 aromatic heterocycles. The van der Waals surface area contributed by atoms with Crippen molar-refractivity contribution in [3.63, 3.8) is 0 Å². The number of nitrogens with one attached hydrogen (secondary N) is 1. The van der Waals surface area contributed by atoms with Crippen molar-refractivity contribution in [1.29, 1.82) is 0 Å². The molecule has 0 amide bonds. The molecule has 2 saturated carbocycles. The van der Waals surface area contributed by atoms with Crippen LogP contribution in [-0.4, -0.2) is 16.6 Å². The zero-order valence-electron chi connectivity index (χ0n) is 10.9. The summed E-state index contributed by atoms with van der Waals surface area (Å²) in [6, 6.07) is 1.65. The van der Waals surface area contributed by atoms with Crippen LogP contribution >= 0.6 is 0 Å². The summed E-state index contributed by atoms with van der Waals surface area (Å²) >= 11 is 0. The van der Waals surface area contributed by atoms with Crippen LogP contribution in [0.5, 0.6) is 0 Å². The summed E-state index contributed by atoms with van der Waals surface area (Å²) in [6.45, 7) is 2.67. The van der Waals surface area contributed by atoms with Gasteiger partial charge in [-0.2, -0.15) is 0 Å². The number of ether oxygens (including phenoxy) is 1. The van der Waals surface area contributed by atoms with Crippen LogP contribution in [0.15, 0.2) is 10.9 Å². The predicted octanol–water partition coefficient (Wildman–Crippen LogP) is 2.45. The first-order valence-electron chi connectivity index (χ1n) is 6.99. The average Bonchev–Trinajstić information content (AvgIpc) is 3.10. The van der Waals surface area contributed by atoms with Crippen molar-refractivity contribution in [2.75, 3.05) is 6.61 Å². The van der Waals surface area contributed by atoms with Crippen molar-refractivity contribution in [3.05, 3.63) is 27.9 Å². The highest BCUT2D eigenvalue weighted by Crippen LogP contribution is 2.42. The predicted molar refractivity (Wildman–Crippen MR) is 68.6 cm³/mol. The second kappa shape index (κ2) is 4.50. The number of aromatic nitrogens is 2. The van der Waals surface area contributed by atoms with Crippen LogP contribution in [0.1, 0.15) is 62.9 Å². The Balaban J connectivity index is 2.00. The van der Waals surface area contributed by atoms with Crippen molar-refractivity contribution in [2.45, 2.75) is 57.0 Å². The van der Waals surface area contributed by atoms with Crippen LogP contribution < -0.4 is 5.56 Å². The molecule has 1 aromatic rings. The normalized spacial score (nSPS) is 22.3. The molecule has 1 N–H and O–H groups in total. The van der Waals surface area contributed by atoms with Crippen molar-refractivity contribution in [1.82, 2.24) is 9.97 Å². The molecule has 4 heteroatoms. The molecule has 0 aliphatic heterocycles. The molecule has 0 bridgehead atoms. The lowest BCUT2D eigenvalue weighted by molar-refractivity contribution is -0.0460. The zero-order chi connectivity index (χ0) is 12.6. The number of hydrogen-bond donors (Lipinski definition) is 1. The lowest BCUT2D eigenvalue weighted by Crippen LogP contribution is -2.31. The fourth-order valence-corrected chi connectivity index (χ4v) is 2.95. The van der Waals surface area contributed by atoms with E-state index in [1.807, 2.05) is 6.92 Å². The minimum atomic E-state index is -0.335. The van der Waals surface area contributed by atoms with Gasteiger partial charge in [-0.25, -0.2) is 4.98 Å². The third-order valence-electron chi connectivity index (χ3n) is 4.02. The van der Waals surface area contributed by atoms with E-state index in [0.717, 1.165) is 50.0 Å². The molecule has 0 unspecified atom stereocenters. The maximum atomic E-state index is 11.8. The van der Waals surface area contributed by atoms with Gasteiger partial charge in [-0.3, -0.25) is 4.79 Å². The van der Waals surface area contributed by atoms with E-state index in [9.17, 15) is 4.79 Å². The lowest BCUT2D eigenvalue weighted by Gasteiger charge is -2.27. The van der Waals surface area contributed by atoms with Crippen molar-refractivity contribution >= 4 is 0 Å². The topological polar surface area (TPSA) is 55.0 Å². The van der Waals surface area contributed by atoms with E-state index in [4.69, 9.17) is 4.74 Å². The van der Waals surface area contributed by atoms with E-state index < -0.39 is 0 Å². The molecule has 4 nitrogen and oxygen atoms in total. The van der Waals surface area contributed by atoms with E-state index in [1.54, 1.807) is 6.07 Å². The zero-order valence-corrected chi connectivity index (χ0v) is 10.9. The largest absolute Gasteiger partial charge is 0.367 e. The Morgan fingerprint density at radius 2 is 2.17 bits per heavy atom. The summed E-state index contributed by atoms with van der Waals surface area (Å²) in [4.78, 5) is 19.4. The van der Waals surface area contributed by atoms with Gasteiger partial charge in [0.15, 0.2) is 0 Å². The first-order valence-corrected chi connectivity index (χ1v) is 6.99. The Hall–Kier alpha value is -1.16. The molecule has 0 radical (unpaired) electrons. The quantitative estimate of drug-likeness (QED) is 0.890. The molecule has 0 aromatic carbocycles. The summed E-state index contributed by atoms with van der Waals surface area (Å²) in [5.74, 6) is 1.27. The minimum absolute atomic E-state index is 0.0344. The van der Waals surface area contributed by atoms with E-state index in [-0.39, 0.29) is 11.2 Å². The van der Waals surface area contributed by atoms with Gasteiger partial charge >= 0.3 is 0 Å². The van der Waals surface area contributed by atoms with Crippen LogP contribution in [-0.2, 0) is 10.3 Å². The third-order valence-corrected chi connectivity index (χ3v) is 4.02. The van der Waals surface area contributed by atoms with Gasteiger partial charge in [-0.1, -0.05) is 0 Å². The fraction of sp³-hybridized carbons (Fsp3) is 0.714. The number of nitrogens with zero attached hydrogens (tertiary/aromatic N) is 1. The number of hydrogen-bond acceptors (Lipinski definition) is 3. The van der Waals surface area contributed by atoms with Gasteiger partial charge in [0.05, 0.1) is 5.69 Å². The standard InChI is InChI=1S/C14H20N2O2/c1-2-18-14(7-3-4-8-14)13-15-11(10-5-6-10)9-12(17)16-13/h9-10H,2-8H2,1H3,(H,15,16,17). The summed E-state index contributed by atoms with van der Waals surface area (Å²) in [6.07, 6.45) is 6.57. The van der Waals surface area contributed by atoms with E-state index in [0.29, 0.717) is 12.5 Å². The Morgan fingerprint density at radius 3 is 2.78 bits per heavy atom. The van der Waals surface area contributed by atoms with Crippen LogP contribution in [0, 0.1) is 0 Å². The van der Waals surface area contributed by atoms with Crippen LogP contribution in [0.2, 0.25) is 0 Å². The highest BCUT2D eigenvalue weighted by Gasteiger charge is 2.39. The maximum absolute atomic E-state index is 11.8. The molecule has 1 heterocycles. The van der Waals surface area contributed by atoms with Crippen molar-refractivity contribution < 1.29 is 4.74 Å². The van der Waals surface area contributed by atoms with Gasteiger partial charge in [0.25, 0.3) is 5.56 Å². The fourth-order valence-electron chi connectivity index (χ4n) is 2.95. The highest BCUT2D eigenvalue weighted by atomic mass is 16.5. The Morgan fingerprint density at radius 1 is 1.44 bits per heavy atom. The van der Waals surface area contributed by atoms with Gasteiger partial charge in [0, 0.05) is 18.6 Å². The Bertz CT molecular complexity index is 485. The molecule has 2 aliphatic rings. The molecule has 18 heavy (non-hydrogen) atoms. The maximum Gasteiger partial charge on any atom is 0.251 e. The van der Waals surface area contributed by atoms with Crippen molar-refractivity contribution in [3.8, 4) is 0 Å². The summed E-state index contributed by atoms with van der Waals surface area (Å²) in [5, 5.41) is 0. The molecular formula is C14H20N2O2. The molecule has 2 fully saturated rings. The summed E-state index contributed by atoms with van der Waals surface area (Å²) < 4.78 is 5.95. The minimum Gasteiger partial charge on any atom is -0.367 e. The number of rotatable bonds is 4. The third kappa shape index (κ3) is 2.09. The van der Waals surface area contributed by atoms with Gasteiger partial charge in [0.2, 0.25) is 0 Å². The smallest absolute Gasteiger partial charge is 0.251 e. The second-order valence-electron chi connectivity index (χ2n) is 5.43. The Kier molecular flexibility index (Phi) is 2.98. The van der Waals surface area contributed by atoms with Crippen molar-refractivity contribution in [2.24, 2.45) is 0 Å². The summed E-state index contributed by atoms with van der Waals surface area (Å²) in [5.41, 5.74) is 0.589. The number of H-pyrrole nitrogens is 1. The van der Waals surface area contributed by atoms with Gasteiger partial charge < -0.3 is 9.72 Å².